The van der Waals surface area contributed by atoms with Crippen molar-refractivity contribution in [2.45, 2.75) is 44.2 Å². The van der Waals surface area contributed by atoms with Crippen LogP contribution in [0.1, 0.15) is 55.6 Å². The molecule has 0 bridgehead atoms. The quantitative estimate of drug-likeness (QED) is 0.716. The van der Waals surface area contributed by atoms with Crippen molar-refractivity contribution >= 4 is 0 Å². The smallest absolute Gasteiger partial charge is 0.173 e. The van der Waals surface area contributed by atoms with Crippen LogP contribution in [0.5, 0.6) is 0 Å². The third-order valence-electron chi connectivity index (χ3n) is 6.04. The normalized spacial score (nSPS) is 20.9. The van der Waals surface area contributed by atoms with Crippen molar-refractivity contribution in [3.05, 3.63) is 54.1 Å². The minimum atomic E-state index is -0.260. The molecule has 2 heterocycles. The first-order valence-electron chi connectivity index (χ1n) is 10.4. The Kier molecular flexibility index (Phi) is 6.12. The number of tetrazole rings is 1. The topological polar surface area (TPSA) is 50.1 Å². The number of hydrogen-bond acceptors (Lipinski definition) is 5. The highest BCUT2D eigenvalue weighted by atomic mass is 19.1. The van der Waals surface area contributed by atoms with Crippen LogP contribution < -0.4 is 0 Å². The third-order valence-corrected chi connectivity index (χ3v) is 6.04. The molecule has 1 unspecified atom stereocenters. The van der Waals surface area contributed by atoms with Crippen LogP contribution in [0.4, 0.5) is 4.39 Å². The summed E-state index contributed by atoms with van der Waals surface area (Å²) in [4.78, 5) is 4.69. The van der Waals surface area contributed by atoms with Crippen molar-refractivity contribution in [3.8, 4) is 0 Å². The molecule has 0 N–H and O–H groups in total. The second-order valence-electron chi connectivity index (χ2n) is 7.82. The Balaban J connectivity index is 1.66. The average molecular weight is 385 g/mol. The van der Waals surface area contributed by atoms with E-state index in [-0.39, 0.29) is 11.9 Å². The SMILES string of the molecule is C=CCN1CCN(C(c2ccccc2F)c2nnnn2C2CCCCC2)CC1. The minimum absolute atomic E-state index is 0.195. The fourth-order valence-corrected chi connectivity index (χ4v) is 4.55. The van der Waals surface area contributed by atoms with Gasteiger partial charge in [0.2, 0.25) is 0 Å². The summed E-state index contributed by atoms with van der Waals surface area (Å²) >= 11 is 0. The summed E-state index contributed by atoms with van der Waals surface area (Å²) in [5.41, 5.74) is 0.659. The number of nitrogens with zero attached hydrogens (tertiary/aromatic N) is 6. The van der Waals surface area contributed by atoms with Gasteiger partial charge in [-0.2, -0.15) is 0 Å². The van der Waals surface area contributed by atoms with Gasteiger partial charge in [0.15, 0.2) is 5.82 Å². The predicted octanol–water partition coefficient (Wildman–Crippen LogP) is 3.21. The van der Waals surface area contributed by atoms with Crippen molar-refractivity contribution in [1.82, 2.24) is 30.0 Å². The molecule has 28 heavy (non-hydrogen) atoms. The summed E-state index contributed by atoms with van der Waals surface area (Å²) < 4.78 is 16.8. The van der Waals surface area contributed by atoms with Gasteiger partial charge in [-0.1, -0.05) is 43.5 Å². The standard InChI is InChI=1S/C21H29FN6/c1-2-12-26-13-15-27(16-14-26)20(18-10-6-7-11-19(18)22)21-23-24-25-28(21)17-8-4-3-5-9-17/h2,6-7,10-11,17,20H,1,3-5,8-9,12-16H2. The Labute approximate surface area is 166 Å². The largest absolute Gasteiger partial charge is 0.297 e. The summed E-state index contributed by atoms with van der Waals surface area (Å²) in [7, 11) is 0. The molecule has 4 rings (SSSR count). The molecular formula is C21H29FN6. The summed E-state index contributed by atoms with van der Waals surface area (Å²) in [6.45, 7) is 8.29. The van der Waals surface area contributed by atoms with Crippen LogP contribution in [-0.2, 0) is 0 Å². The van der Waals surface area contributed by atoms with Crippen molar-refractivity contribution in [1.29, 1.82) is 0 Å². The fraction of sp³-hybridized carbons (Fsp3) is 0.571. The van der Waals surface area contributed by atoms with Crippen LogP contribution in [0.2, 0.25) is 0 Å². The van der Waals surface area contributed by atoms with E-state index in [0.717, 1.165) is 51.4 Å². The summed E-state index contributed by atoms with van der Waals surface area (Å²) in [5, 5.41) is 12.7. The van der Waals surface area contributed by atoms with E-state index in [9.17, 15) is 4.39 Å². The Morgan fingerprint density at radius 3 is 2.57 bits per heavy atom. The molecule has 1 atom stereocenters. The Bertz CT molecular complexity index is 777. The summed E-state index contributed by atoms with van der Waals surface area (Å²) in [6.07, 6.45) is 7.80. The Hall–Kier alpha value is -2.12. The first kappa shape index (κ1) is 19.2. The lowest BCUT2D eigenvalue weighted by Crippen LogP contribution is -2.48. The zero-order valence-corrected chi connectivity index (χ0v) is 16.4. The molecule has 0 amide bonds. The number of benzene rings is 1. The molecule has 6 nitrogen and oxygen atoms in total. The molecule has 0 spiro atoms. The molecule has 150 valence electrons. The van der Waals surface area contributed by atoms with Crippen LogP contribution in [0.25, 0.3) is 0 Å². The highest BCUT2D eigenvalue weighted by molar-refractivity contribution is 5.27. The highest BCUT2D eigenvalue weighted by Gasteiger charge is 2.33. The van der Waals surface area contributed by atoms with E-state index >= 15 is 0 Å². The van der Waals surface area contributed by atoms with E-state index in [1.165, 1.54) is 25.3 Å². The van der Waals surface area contributed by atoms with Gasteiger partial charge in [0.25, 0.3) is 0 Å². The molecule has 1 aromatic carbocycles. The van der Waals surface area contributed by atoms with Crippen LogP contribution >= 0.6 is 0 Å². The maximum Gasteiger partial charge on any atom is 0.173 e. The highest BCUT2D eigenvalue weighted by Crippen LogP contribution is 2.34. The van der Waals surface area contributed by atoms with Gasteiger partial charge in [-0.3, -0.25) is 9.80 Å². The van der Waals surface area contributed by atoms with Crippen molar-refractivity contribution < 1.29 is 4.39 Å². The zero-order chi connectivity index (χ0) is 19.3. The second kappa shape index (κ2) is 8.92. The predicted molar refractivity (Wildman–Crippen MR) is 106 cm³/mol. The van der Waals surface area contributed by atoms with Gasteiger partial charge in [-0.15, -0.1) is 11.7 Å². The molecule has 1 saturated heterocycles. The fourth-order valence-electron chi connectivity index (χ4n) is 4.55. The second-order valence-corrected chi connectivity index (χ2v) is 7.82. The van der Waals surface area contributed by atoms with Crippen LogP contribution in [-0.4, -0.2) is 62.7 Å². The molecule has 1 saturated carbocycles. The van der Waals surface area contributed by atoms with Gasteiger partial charge in [-0.05, 0) is 29.3 Å². The average Bonchev–Trinajstić information content (AvgIpc) is 3.21. The molecular weight excluding hydrogens is 355 g/mol. The van der Waals surface area contributed by atoms with Crippen LogP contribution in [0, 0.1) is 5.82 Å². The molecule has 1 aliphatic heterocycles. The maximum absolute atomic E-state index is 14.8. The van der Waals surface area contributed by atoms with Gasteiger partial charge < -0.3 is 0 Å². The summed E-state index contributed by atoms with van der Waals surface area (Å²) in [6, 6.07) is 7.09. The van der Waals surface area contributed by atoms with E-state index in [1.54, 1.807) is 6.07 Å². The number of rotatable bonds is 6. The lowest BCUT2D eigenvalue weighted by molar-refractivity contribution is 0.109. The molecule has 7 heteroatoms. The lowest BCUT2D eigenvalue weighted by atomic mass is 9.95. The minimum Gasteiger partial charge on any atom is -0.297 e. The maximum atomic E-state index is 14.8. The van der Waals surface area contributed by atoms with Gasteiger partial charge in [-0.25, -0.2) is 9.07 Å². The molecule has 0 radical (unpaired) electrons. The monoisotopic (exact) mass is 384 g/mol. The number of halogens is 1. The van der Waals surface area contributed by atoms with Gasteiger partial charge in [0, 0.05) is 38.3 Å². The van der Waals surface area contributed by atoms with Crippen LogP contribution in [0.3, 0.4) is 0 Å². The number of hydrogen-bond donors (Lipinski definition) is 0. The molecule has 2 aromatic rings. The first-order valence-corrected chi connectivity index (χ1v) is 10.4. The summed E-state index contributed by atoms with van der Waals surface area (Å²) in [5.74, 6) is 0.577. The Morgan fingerprint density at radius 1 is 1.11 bits per heavy atom. The molecule has 2 fully saturated rings. The molecule has 1 aliphatic carbocycles. The Morgan fingerprint density at radius 2 is 1.86 bits per heavy atom. The van der Waals surface area contributed by atoms with E-state index < -0.39 is 0 Å². The van der Waals surface area contributed by atoms with E-state index in [1.807, 2.05) is 22.9 Å². The number of piperazine rings is 1. The lowest BCUT2D eigenvalue weighted by Gasteiger charge is -2.39. The molecule has 2 aliphatic rings. The van der Waals surface area contributed by atoms with Gasteiger partial charge >= 0.3 is 0 Å². The van der Waals surface area contributed by atoms with Crippen LogP contribution in [0.15, 0.2) is 36.9 Å². The van der Waals surface area contributed by atoms with Crippen molar-refractivity contribution in [3.63, 3.8) is 0 Å². The van der Waals surface area contributed by atoms with E-state index in [2.05, 4.69) is 31.9 Å². The third kappa shape index (κ3) is 4.00. The zero-order valence-electron chi connectivity index (χ0n) is 16.4. The molecule has 1 aromatic heterocycles. The van der Waals surface area contributed by atoms with Crippen molar-refractivity contribution in [2.75, 3.05) is 32.7 Å². The first-order chi connectivity index (χ1) is 13.8. The van der Waals surface area contributed by atoms with Gasteiger partial charge in [0.1, 0.15) is 11.9 Å². The van der Waals surface area contributed by atoms with E-state index in [4.69, 9.17) is 0 Å². The van der Waals surface area contributed by atoms with Gasteiger partial charge in [0.05, 0.1) is 6.04 Å². The van der Waals surface area contributed by atoms with E-state index in [0.29, 0.717) is 11.6 Å². The van der Waals surface area contributed by atoms with Crippen molar-refractivity contribution in [2.24, 2.45) is 0 Å². The number of aromatic nitrogens is 4.